The summed E-state index contributed by atoms with van der Waals surface area (Å²) in [4.78, 5) is 24.6. The Kier molecular flexibility index (Phi) is 5.20. The van der Waals surface area contributed by atoms with Crippen LogP contribution in [0.15, 0.2) is 30.3 Å². The standard InChI is InChI=1S/C18H19F3N4O2/c1-12-22-15(11-16(23-12)27-2)24-6-8-25(9-7-24)17(26)13-4-3-5-14(10-13)18(19,20)21/h3-5,10-11H,6-9H2,1-2H3. The molecule has 1 aromatic carbocycles. The Morgan fingerprint density at radius 3 is 2.44 bits per heavy atom. The van der Waals surface area contributed by atoms with Gasteiger partial charge in [0.1, 0.15) is 11.6 Å². The smallest absolute Gasteiger partial charge is 0.416 e. The van der Waals surface area contributed by atoms with Crippen molar-refractivity contribution in [3.05, 3.63) is 47.3 Å². The largest absolute Gasteiger partial charge is 0.481 e. The number of aromatic nitrogens is 2. The van der Waals surface area contributed by atoms with E-state index in [1.54, 1.807) is 17.9 Å². The maximum absolute atomic E-state index is 12.9. The highest BCUT2D eigenvalue weighted by Gasteiger charge is 2.31. The van der Waals surface area contributed by atoms with Crippen molar-refractivity contribution >= 4 is 11.7 Å². The minimum absolute atomic E-state index is 0.0397. The molecule has 27 heavy (non-hydrogen) atoms. The predicted octanol–water partition coefficient (Wildman–Crippen LogP) is 2.77. The van der Waals surface area contributed by atoms with E-state index in [2.05, 4.69) is 9.97 Å². The molecule has 144 valence electrons. The van der Waals surface area contributed by atoms with Crippen molar-refractivity contribution in [1.82, 2.24) is 14.9 Å². The quantitative estimate of drug-likeness (QED) is 0.820. The summed E-state index contributed by atoms with van der Waals surface area (Å²) >= 11 is 0. The molecule has 1 fully saturated rings. The summed E-state index contributed by atoms with van der Waals surface area (Å²) in [7, 11) is 1.53. The lowest BCUT2D eigenvalue weighted by Crippen LogP contribution is -2.49. The summed E-state index contributed by atoms with van der Waals surface area (Å²) in [5.74, 6) is 1.33. The van der Waals surface area contributed by atoms with Gasteiger partial charge in [0.05, 0.1) is 12.7 Å². The zero-order valence-corrected chi connectivity index (χ0v) is 15.0. The Labute approximate surface area is 154 Å². The molecule has 2 heterocycles. The molecule has 0 radical (unpaired) electrons. The summed E-state index contributed by atoms with van der Waals surface area (Å²) in [5.41, 5.74) is -0.784. The maximum Gasteiger partial charge on any atom is 0.416 e. The van der Waals surface area contributed by atoms with Crippen molar-refractivity contribution in [3.8, 4) is 5.88 Å². The van der Waals surface area contributed by atoms with Crippen LogP contribution in [0.2, 0.25) is 0 Å². The third-order valence-corrected chi connectivity index (χ3v) is 4.34. The van der Waals surface area contributed by atoms with Crippen LogP contribution in [0.4, 0.5) is 19.0 Å². The molecule has 1 aliphatic rings. The van der Waals surface area contributed by atoms with Gasteiger partial charge in [-0.05, 0) is 25.1 Å². The van der Waals surface area contributed by atoms with Crippen molar-refractivity contribution in [1.29, 1.82) is 0 Å². The van der Waals surface area contributed by atoms with E-state index in [-0.39, 0.29) is 5.56 Å². The van der Waals surface area contributed by atoms with Crippen molar-refractivity contribution in [2.75, 3.05) is 38.2 Å². The van der Waals surface area contributed by atoms with Gasteiger partial charge in [-0.15, -0.1) is 0 Å². The van der Waals surface area contributed by atoms with Gasteiger partial charge in [-0.1, -0.05) is 6.07 Å². The van der Waals surface area contributed by atoms with Crippen LogP contribution in [0.1, 0.15) is 21.7 Å². The van der Waals surface area contributed by atoms with Crippen LogP contribution in [0, 0.1) is 6.92 Å². The summed E-state index contributed by atoms with van der Waals surface area (Å²) in [5, 5.41) is 0. The van der Waals surface area contributed by atoms with Gasteiger partial charge in [0.25, 0.3) is 5.91 Å². The Balaban J connectivity index is 1.69. The number of piperazine rings is 1. The number of hydrogen-bond donors (Lipinski definition) is 0. The number of anilines is 1. The molecule has 1 aromatic heterocycles. The lowest BCUT2D eigenvalue weighted by atomic mass is 10.1. The molecular weight excluding hydrogens is 361 g/mol. The third-order valence-electron chi connectivity index (χ3n) is 4.34. The predicted molar refractivity (Wildman–Crippen MR) is 92.9 cm³/mol. The summed E-state index contributed by atoms with van der Waals surface area (Å²) in [6.07, 6.45) is -4.47. The van der Waals surface area contributed by atoms with Gasteiger partial charge in [-0.3, -0.25) is 4.79 Å². The number of alkyl halides is 3. The van der Waals surface area contributed by atoms with Crippen LogP contribution in [-0.4, -0.2) is 54.1 Å². The molecule has 1 aliphatic heterocycles. The molecule has 0 unspecified atom stereocenters. The summed E-state index contributed by atoms with van der Waals surface area (Å²) in [6, 6.07) is 6.23. The second kappa shape index (κ2) is 7.42. The first-order valence-electron chi connectivity index (χ1n) is 8.39. The number of aryl methyl sites for hydroxylation is 1. The van der Waals surface area contributed by atoms with Gasteiger partial charge in [0.15, 0.2) is 0 Å². The van der Waals surface area contributed by atoms with E-state index in [1.807, 2.05) is 4.90 Å². The Bertz CT molecular complexity index is 834. The van der Waals surface area contributed by atoms with E-state index in [0.29, 0.717) is 43.7 Å². The van der Waals surface area contributed by atoms with Crippen molar-refractivity contribution < 1.29 is 22.7 Å². The van der Waals surface area contributed by atoms with Crippen LogP contribution in [0.25, 0.3) is 0 Å². The molecule has 2 aromatic rings. The highest BCUT2D eigenvalue weighted by atomic mass is 19.4. The normalized spacial score (nSPS) is 15.0. The molecule has 0 saturated carbocycles. The number of methoxy groups -OCH3 is 1. The fraction of sp³-hybridized carbons (Fsp3) is 0.389. The van der Waals surface area contributed by atoms with Gasteiger partial charge in [0, 0.05) is 37.8 Å². The topological polar surface area (TPSA) is 58.6 Å². The average molecular weight is 380 g/mol. The summed E-state index contributed by atoms with van der Waals surface area (Å²) < 4.78 is 43.7. The second-order valence-electron chi connectivity index (χ2n) is 6.17. The van der Waals surface area contributed by atoms with Crippen LogP contribution in [0.5, 0.6) is 5.88 Å². The zero-order valence-electron chi connectivity index (χ0n) is 15.0. The number of halogens is 3. The number of hydrogen-bond acceptors (Lipinski definition) is 5. The van der Waals surface area contributed by atoms with Gasteiger partial charge >= 0.3 is 6.18 Å². The van der Waals surface area contributed by atoms with Crippen LogP contribution in [-0.2, 0) is 6.18 Å². The number of carbonyl (C=O) groups excluding carboxylic acids is 1. The van der Waals surface area contributed by atoms with Crippen LogP contribution >= 0.6 is 0 Å². The van der Waals surface area contributed by atoms with Crippen molar-refractivity contribution in [2.24, 2.45) is 0 Å². The first-order valence-corrected chi connectivity index (χ1v) is 8.39. The van der Waals surface area contributed by atoms with E-state index in [9.17, 15) is 18.0 Å². The van der Waals surface area contributed by atoms with E-state index in [4.69, 9.17) is 4.74 Å². The molecule has 0 spiro atoms. The Hall–Kier alpha value is -2.84. The Morgan fingerprint density at radius 2 is 1.81 bits per heavy atom. The monoisotopic (exact) mass is 380 g/mol. The van der Waals surface area contributed by atoms with Crippen molar-refractivity contribution in [2.45, 2.75) is 13.1 Å². The molecule has 3 rings (SSSR count). The number of amides is 1. The molecule has 6 nitrogen and oxygen atoms in total. The molecular formula is C18H19F3N4O2. The second-order valence-corrected chi connectivity index (χ2v) is 6.17. The van der Waals surface area contributed by atoms with Gasteiger partial charge in [-0.25, -0.2) is 4.98 Å². The lowest BCUT2D eigenvalue weighted by molar-refractivity contribution is -0.137. The fourth-order valence-corrected chi connectivity index (χ4v) is 2.94. The molecule has 9 heteroatoms. The molecule has 1 saturated heterocycles. The first kappa shape index (κ1) is 18.9. The molecule has 0 atom stereocenters. The molecule has 0 N–H and O–H groups in total. The zero-order chi connectivity index (χ0) is 19.6. The van der Waals surface area contributed by atoms with E-state index < -0.39 is 17.6 Å². The van der Waals surface area contributed by atoms with Crippen molar-refractivity contribution in [3.63, 3.8) is 0 Å². The SMILES string of the molecule is COc1cc(N2CCN(C(=O)c3cccc(C(F)(F)F)c3)CC2)nc(C)n1. The number of rotatable bonds is 3. The van der Waals surface area contributed by atoms with Gasteiger partial charge in [0.2, 0.25) is 5.88 Å². The highest BCUT2D eigenvalue weighted by molar-refractivity contribution is 5.94. The van der Waals surface area contributed by atoms with Crippen LogP contribution < -0.4 is 9.64 Å². The van der Waals surface area contributed by atoms with E-state index >= 15 is 0 Å². The fourth-order valence-electron chi connectivity index (χ4n) is 2.94. The molecule has 1 amide bonds. The van der Waals surface area contributed by atoms with Gasteiger partial charge in [-0.2, -0.15) is 18.2 Å². The number of ether oxygens (including phenoxy) is 1. The van der Waals surface area contributed by atoms with E-state index in [0.717, 1.165) is 12.1 Å². The number of nitrogens with zero attached hydrogens (tertiary/aromatic N) is 4. The minimum Gasteiger partial charge on any atom is -0.481 e. The van der Waals surface area contributed by atoms with E-state index in [1.165, 1.54) is 19.2 Å². The summed E-state index contributed by atoms with van der Waals surface area (Å²) in [6.45, 7) is 3.58. The minimum atomic E-state index is -4.47. The maximum atomic E-state index is 12.9. The molecule has 0 bridgehead atoms. The highest BCUT2D eigenvalue weighted by Crippen LogP contribution is 2.30. The van der Waals surface area contributed by atoms with Crippen LogP contribution in [0.3, 0.4) is 0 Å². The first-order chi connectivity index (χ1) is 12.8. The molecule has 0 aliphatic carbocycles. The Morgan fingerprint density at radius 1 is 1.11 bits per heavy atom. The van der Waals surface area contributed by atoms with Gasteiger partial charge < -0.3 is 14.5 Å². The average Bonchev–Trinajstić information content (AvgIpc) is 2.66. The number of benzene rings is 1. The lowest BCUT2D eigenvalue weighted by Gasteiger charge is -2.35. The third kappa shape index (κ3) is 4.29. The number of carbonyl (C=O) groups is 1.